The van der Waals surface area contributed by atoms with Gasteiger partial charge in [0.15, 0.2) is 6.04 Å². The molecule has 2 rings (SSSR count). The van der Waals surface area contributed by atoms with Crippen LogP contribution in [0, 0.1) is 11.7 Å². The molecule has 8 heteroatoms. The Balaban J connectivity index is 2.27. The smallest absolute Gasteiger partial charge is 0.336 e. The zero-order chi connectivity index (χ0) is 15.6. The van der Waals surface area contributed by atoms with Gasteiger partial charge in [-0.3, -0.25) is 0 Å². The molecule has 0 bridgehead atoms. The van der Waals surface area contributed by atoms with E-state index in [-0.39, 0.29) is 23.4 Å². The molecule has 0 radical (unpaired) electrons. The quantitative estimate of drug-likeness (QED) is 0.891. The zero-order valence-corrected chi connectivity index (χ0v) is 12.6. The highest BCUT2D eigenvalue weighted by atomic mass is 32.2. The van der Waals surface area contributed by atoms with E-state index in [4.69, 9.17) is 4.42 Å². The summed E-state index contributed by atoms with van der Waals surface area (Å²) in [5.74, 6) is -0.812. The van der Waals surface area contributed by atoms with E-state index in [0.717, 1.165) is 0 Å². The van der Waals surface area contributed by atoms with Crippen molar-refractivity contribution in [3.8, 4) is 0 Å². The lowest BCUT2D eigenvalue weighted by atomic mass is 10.1. The molecular weight excluding hydrogens is 297 g/mol. The molecular formula is C13H17FN3O3S+. The maximum Gasteiger partial charge on any atom is 0.336 e. The highest BCUT2D eigenvalue weighted by Gasteiger charge is 2.28. The topological polar surface area (TPSA) is 101 Å². The SMILES string of the molecule is CC(C)[C@H]([NH3+])c1nnc(S(=O)(=O)Cc2ccccc2F)o1. The molecule has 1 aromatic carbocycles. The lowest BCUT2D eigenvalue weighted by Crippen LogP contribution is -2.56. The van der Waals surface area contributed by atoms with Gasteiger partial charge < -0.3 is 10.2 Å². The second-order valence-electron chi connectivity index (χ2n) is 5.11. The minimum absolute atomic E-state index is 0.0623. The summed E-state index contributed by atoms with van der Waals surface area (Å²) in [6.45, 7) is 3.82. The van der Waals surface area contributed by atoms with E-state index < -0.39 is 26.6 Å². The number of aromatic nitrogens is 2. The third kappa shape index (κ3) is 3.45. The van der Waals surface area contributed by atoms with Gasteiger partial charge in [-0.15, -0.1) is 5.10 Å². The molecule has 0 aliphatic carbocycles. The molecule has 0 fully saturated rings. The summed E-state index contributed by atoms with van der Waals surface area (Å²) in [6.07, 6.45) is 0. The number of benzene rings is 1. The van der Waals surface area contributed by atoms with E-state index in [2.05, 4.69) is 15.9 Å². The van der Waals surface area contributed by atoms with Gasteiger partial charge >= 0.3 is 5.22 Å². The van der Waals surface area contributed by atoms with Crippen LogP contribution in [0.2, 0.25) is 0 Å². The maximum atomic E-state index is 13.5. The van der Waals surface area contributed by atoms with Crippen molar-refractivity contribution in [2.24, 2.45) is 5.92 Å². The van der Waals surface area contributed by atoms with Gasteiger partial charge in [-0.2, -0.15) is 0 Å². The van der Waals surface area contributed by atoms with Gasteiger partial charge in [-0.05, 0) is 6.07 Å². The molecule has 1 atom stereocenters. The zero-order valence-electron chi connectivity index (χ0n) is 11.8. The number of sulfone groups is 1. The highest BCUT2D eigenvalue weighted by Crippen LogP contribution is 2.21. The lowest BCUT2D eigenvalue weighted by molar-refractivity contribution is -0.443. The van der Waals surface area contributed by atoms with Crippen LogP contribution in [-0.2, 0) is 15.6 Å². The van der Waals surface area contributed by atoms with Crippen molar-refractivity contribution < 1.29 is 23.0 Å². The van der Waals surface area contributed by atoms with Crippen LogP contribution < -0.4 is 5.73 Å². The fraction of sp³-hybridized carbons (Fsp3) is 0.385. The van der Waals surface area contributed by atoms with Crippen molar-refractivity contribution in [2.45, 2.75) is 30.9 Å². The Morgan fingerprint density at radius 1 is 1.29 bits per heavy atom. The predicted molar refractivity (Wildman–Crippen MR) is 72.1 cm³/mol. The van der Waals surface area contributed by atoms with Gasteiger partial charge in [0.05, 0.1) is 5.75 Å². The fourth-order valence-corrected chi connectivity index (χ4v) is 2.81. The van der Waals surface area contributed by atoms with Crippen LogP contribution in [0.25, 0.3) is 0 Å². The molecule has 6 nitrogen and oxygen atoms in total. The molecule has 21 heavy (non-hydrogen) atoms. The van der Waals surface area contributed by atoms with Gasteiger partial charge in [0.1, 0.15) is 5.82 Å². The number of halogens is 1. The summed E-state index contributed by atoms with van der Waals surface area (Å²) in [6, 6.07) is 5.37. The molecule has 0 aliphatic heterocycles. The van der Waals surface area contributed by atoms with Gasteiger partial charge in [0.25, 0.3) is 5.89 Å². The first-order valence-corrected chi connectivity index (χ1v) is 8.09. The van der Waals surface area contributed by atoms with Gasteiger partial charge in [0, 0.05) is 11.5 Å². The van der Waals surface area contributed by atoms with Crippen LogP contribution in [0.1, 0.15) is 31.3 Å². The normalized spacial score (nSPS) is 13.6. The number of quaternary nitrogens is 1. The van der Waals surface area contributed by atoms with Gasteiger partial charge in [-0.1, -0.05) is 37.1 Å². The highest BCUT2D eigenvalue weighted by molar-refractivity contribution is 7.90. The summed E-state index contributed by atoms with van der Waals surface area (Å²) in [7, 11) is -3.88. The molecule has 0 amide bonds. The van der Waals surface area contributed by atoms with Crippen LogP contribution in [0.3, 0.4) is 0 Å². The Morgan fingerprint density at radius 2 is 1.95 bits per heavy atom. The Hall–Kier alpha value is -1.80. The van der Waals surface area contributed by atoms with Crippen molar-refractivity contribution >= 4 is 9.84 Å². The monoisotopic (exact) mass is 314 g/mol. The minimum Gasteiger partial charge on any atom is -0.406 e. The predicted octanol–water partition coefficient (Wildman–Crippen LogP) is 1.12. The van der Waals surface area contributed by atoms with E-state index in [1.54, 1.807) is 6.07 Å². The summed E-state index contributed by atoms with van der Waals surface area (Å²) >= 11 is 0. The average Bonchev–Trinajstić information content (AvgIpc) is 2.90. The first kappa shape index (κ1) is 15.6. The van der Waals surface area contributed by atoms with Crippen molar-refractivity contribution in [1.82, 2.24) is 10.2 Å². The minimum atomic E-state index is -3.88. The van der Waals surface area contributed by atoms with Crippen LogP contribution in [0.4, 0.5) is 4.39 Å². The molecule has 1 heterocycles. The van der Waals surface area contributed by atoms with E-state index in [1.807, 2.05) is 13.8 Å². The maximum absolute atomic E-state index is 13.5. The Kier molecular flexibility index (Phi) is 4.38. The second-order valence-corrected chi connectivity index (χ2v) is 6.97. The first-order valence-electron chi connectivity index (χ1n) is 6.44. The number of hydrogen-bond donors (Lipinski definition) is 1. The summed E-state index contributed by atoms with van der Waals surface area (Å²) in [5.41, 5.74) is 3.91. The molecule has 0 saturated heterocycles. The average molecular weight is 314 g/mol. The standard InChI is InChI=1S/C13H16FN3O3S/c1-8(2)11(15)12-16-17-13(20-12)21(18,19)7-9-5-3-4-6-10(9)14/h3-6,8,11H,7,15H2,1-2H3/p+1/t11-/m0/s1. The number of rotatable bonds is 5. The first-order chi connectivity index (χ1) is 9.81. The number of hydrogen-bond acceptors (Lipinski definition) is 5. The Bertz CT molecular complexity index is 728. The molecule has 0 unspecified atom stereocenters. The summed E-state index contributed by atoms with van der Waals surface area (Å²) in [5, 5.41) is 6.76. The molecule has 0 saturated carbocycles. The third-order valence-corrected chi connectivity index (χ3v) is 4.50. The van der Waals surface area contributed by atoms with E-state index in [9.17, 15) is 12.8 Å². The summed E-state index contributed by atoms with van der Waals surface area (Å²) in [4.78, 5) is 0. The van der Waals surface area contributed by atoms with Crippen LogP contribution >= 0.6 is 0 Å². The van der Waals surface area contributed by atoms with E-state index in [0.29, 0.717) is 0 Å². The van der Waals surface area contributed by atoms with E-state index >= 15 is 0 Å². The van der Waals surface area contributed by atoms with Crippen molar-refractivity contribution in [3.05, 3.63) is 41.5 Å². The van der Waals surface area contributed by atoms with Crippen LogP contribution in [0.5, 0.6) is 0 Å². The van der Waals surface area contributed by atoms with Gasteiger partial charge in [0.2, 0.25) is 9.84 Å². The second kappa shape index (κ2) is 5.90. The molecule has 0 aliphatic rings. The van der Waals surface area contributed by atoms with Crippen molar-refractivity contribution in [3.63, 3.8) is 0 Å². The van der Waals surface area contributed by atoms with Crippen molar-refractivity contribution in [2.75, 3.05) is 0 Å². The van der Waals surface area contributed by atoms with Gasteiger partial charge in [-0.25, -0.2) is 12.8 Å². The fourth-order valence-electron chi connectivity index (χ4n) is 1.66. The number of nitrogens with zero attached hydrogens (tertiary/aromatic N) is 2. The third-order valence-electron chi connectivity index (χ3n) is 3.11. The Labute approximate surface area is 122 Å². The molecule has 3 N–H and O–H groups in total. The lowest BCUT2D eigenvalue weighted by Gasteiger charge is -2.06. The van der Waals surface area contributed by atoms with Crippen molar-refractivity contribution in [1.29, 1.82) is 0 Å². The van der Waals surface area contributed by atoms with Crippen LogP contribution in [-0.4, -0.2) is 18.6 Å². The summed E-state index contributed by atoms with van der Waals surface area (Å²) < 4.78 is 43.1. The molecule has 2 aromatic rings. The molecule has 114 valence electrons. The largest absolute Gasteiger partial charge is 0.406 e. The molecule has 1 aromatic heterocycles. The Morgan fingerprint density at radius 3 is 2.57 bits per heavy atom. The molecule has 0 spiro atoms. The van der Waals surface area contributed by atoms with Crippen LogP contribution in [0.15, 0.2) is 33.9 Å². The van der Waals surface area contributed by atoms with E-state index in [1.165, 1.54) is 18.2 Å².